The van der Waals surface area contributed by atoms with Crippen molar-refractivity contribution in [3.63, 3.8) is 0 Å². The van der Waals surface area contributed by atoms with Crippen molar-refractivity contribution in [1.29, 1.82) is 0 Å². The lowest BCUT2D eigenvalue weighted by molar-refractivity contribution is -0.112. The van der Waals surface area contributed by atoms with Gasteiger partial charge in [0.15, 0.2) is 5.13 Å². The van der Waals surface area contributed by atoms with Crippen molar-refractivity contribution in [2.75, 3.05) is 11.9 Å². The molecule has 0 radical (unpaired) electrons. The Balaban J connectivity index is 1.76. The van der Waals surface area contributed by atoms with Crippen LogP contribution in [-0.4, -0.2) is 17.5 Å². The maximum Gasteiger partial charge on any atom is 0.253 e. The standard InChI is InChI=1S/C19H18N2O2S/c1-3-23-15-9-10-16-17(12-15)24-19(20-16)21-18(22)13(2)11-14-7-5-4-6-8-14/h4-12H,3H2,1-2H3,(H,20,21,22). The van der Waals surface area contributed by atoms with Crippen molar-refractivity contribution in [1.82, 2.24) is 4.98 Å². The highest BCUT2D eigenvalue weighted by Crippen LogP contribution is 2.29. The van der Waals surface area contributed by atoms with E-state index in [-0.39, 0.29) is 5.91 Å². The Kier molecular flexibility index (Phi) is 4.91. The lowest BCUT2D eigenvalue weighted by Crippen LogP contribution is -2.12. The lowest BCUT2D eigenvalue weighted by Gasteiger charge is -2.01. The van der Waals surface area contributed by atoms with Gasteiger partial charge in [0, 0.05) is 5.57 Å². The molecule has 1 aromatic heterocycles. The van der Waals surface area contributed by atoms with Crippen molar-refractivity contribution < 1.29 is 9.53 Å². The molecule has 24 heavy (non-hydrogen) atoms. The van der Waals surface area contributed by atoms with Gasteiger partial charge in [0.25, 0.3) is 5.91 Å². The molecule has 3 aromatic rings. The lowest BCUT2D eigenvalue weighted by atomic mass is 10.1. The van der Waals surface area contributed by atoms with Gasteiger partial charge in [0.05, 0.1) is 16.8 Å². The molecule has 0 saturated heterocycles. The number of carbonyl (C=O) groups is 1. The van der Waals surface area contributed by atoms with Crippen LogP contribution in [0.15, 0.2) is 54.1 Å². The highest BCUT2D eigenvalue weighted by molar-refractivity contribution is 7.22. The second-order valence-electron chi connectivity index (χ2n) is 5.27. The van der Waals surface area contributed by atoms with Gasteiger partial charge in [0.1, 0.15) is 5.75 Å². The number of thiazole rings is 1. The summed E-state index contributed by atoms with van der Waals surface area (Å²) in [6, 6.07) is 15.5. The van der Waals surface area contributed by atoms with Gasteiger partial charge in [0.2, 0.25) is 0 Å². The molecule has 2 aromatic carbocycles. The van der Waals surface area contributed by atoms with Gasteiger partial charge >= 0.3 is 0 Å². The Morgan fingerprint density at radius 2 is 2.04 bits per heavy atom. The van der Waals surface area contributed by atoms with Gasteiger partial charge in [-0.1, -0.05) is 41.7 Å². The molecule has 0 saturated carbocycles. The number of nitrogens with zero attached hydrogens (tertiary/aromatic N) is 1. The third-order valence-corrected chi connectivity index (χ3v) is 4.37. The maximum absolute atomic E-state index is 12.3. The Morgan fingerprint density at radius 3 is 2.79 bits per heavy atom. The van der Waals surface area contributed by atoms with Crippen LogP contribution >= 0.6 is 11.3 Å². The predicted molar refractivity (Wildman–Crippen MR) is 99.5 cm³/mol. The molecule has 0 fully saturated rings. The zero-order valence-corrected chi connectivity index (χ0v) is 14.4. The summed E-state index contributed by atoms with van der Waals surface area (Å²) in [6.07, 6.45) is 1.86. The normalized spacial score (nSPS) is 11.5. The molecule has 1 N–H and O–H groups in total. The summed E-state index contributed by atoms with van der Waals surface area (Å²) in [5, 5.41) is 3.45. The van der Waals surface area contributed by atoms with E-state index in [1.165, 1.54) is 11.3 Å². The molecular weight excluding hydrogens is 320 g/mol. The second kappa shape index (κ2) is 7.27. The van der Waals surface area contributed by atoms with Gasteiger partial charge in [-0.25, -0.2) is 4.98 Å². The summed E-state index contributed by atoms with van der Waals surface area (Å²) in [7, 11) is 0. The monoisotopic (exact) mass is 338 g/mol. The highest BCUT2D eigenvalue weighted by Gasteiger charge is 2.10. The number of nitrogens with one attached hydrogen (secondary N) is 1. The van der Waals surface area contributed by atoms with Gasteiger partial charge in [-0.3, -0.25) is 10.1 Å². The molecule has 3 rings (SSSR count). The first kappa shape index (κ1) is 16.2. The summed E-state index contributed by atoms with van der Waals surface area (Å²) >= 11 is 1.44. The molecule has 0 aliphatic rings. The van der Waals surface area contributed by atoms with Crippen LogP contribution in [-0.2, 0) is 4.79 Å². The number of rotatable bonds is 5. The molecule has 0 spiro atoms. The van der Waals surface area contributed by atoms with Crippen LogP contribution in [0.5, 0.6) is 5.75 Å². The first-order chi connectivity index (χ1) is 11.7. The minimum atomic E-state index is -0.150. The third-order valence-electron chi connectivity index (χ3n) is 3.43. The molecule has 0 aliphatic heterocycles. The van der Waals surface area contributed by atoms with Gasteiger partial charge in [-0.2, -0.15) is 0 Å². The fourth-order valence-corrected chi connectivity index (χ4v) is 3.16. The molecule has 5 heteroatoms. The van der Waals surface area contributed by atoms with Crippen LogP contribution < -0.4 is 10.1 Å². The molecule has 0 unspecified atom stereocenters. The van der Waals surface area contributed by atoms with Crippen LogP contribution in [0.4, 0.5) is 5.13 Å². The van der Waals surface area contributed by atoms with Crippen molar-refractivity contribution in [3.8, 4) is 5.75 Å². The Morgan fingerprint density at radius 1 is 1.25 bits per heavy atom. The number of anilines is 1. The van der Waals surface area contributed by atoms with E-state index in [2.05, 4.69) is 10.3 Å². The van der Waals surface area contributed by atoms with Crippen LogP contribution in [0.3, 0.4) is 0 Å². The first-order valence-corrected chi connectivity index (χ1v) is 8.55. The topological polar surface area (TPSA) is 51.2 Å². The smallest absolute Gasteiger partial charge is 0.253 e. The fourth-order valence-electron chi connectivity index (χ4n) is 2.28. The number of benzene rings is 2. The van der Waals surface area contributed by atoms with Crippen LogP contribution in [0.2, 0.25) is 0 Å². The fraction of sp³-hybridized carbons (Fsp3) is 0.158. The first-order valence-electron chi connectivity index (χ1n) is 7.74. The third kappa shape index (κ3) is 3.81. The number of amides is 1. The quantitative estimate of drug-likeness (QED) is 0.684. The summed E-state index contributed by atoms with van der Waals surface area (Å²) in [6.45, 7) is 4.37. The van der Waals surface area contributed by atoms with Crippen molar-refractivity contribution >= 4 is 38.7 Å². The minimum Gasteiger partial charge on any atom is -0.494 e. The maximum atomic E-state index is 12.3. The molecule has 0 bridgehead atoms. The van der Waals surface area contributed by atoms with Crippen LogP contribution in [0.1, 0.15) is 19.4 Å². The average molecular weight is 338 g/mol. The number of hydrogen-bond acceptors (Lipinski definition) is 4. The largest absolute Gasteiger partial charge is 0.494 e. The van der Waals surface area contributed by atoms with E-state index in [4.69, 9.17) is 4.74 Å². The molecule has 0 aliphatic carbocycles. The van der Waals surface area contributed by atoms with E-state index < -0.39 is 0 Å². The van der Waals surface area contributed by atoms with Gasteiger partial charge < -0.3 is 4.74 Å². The molecule has 0 atom stereocenters. The van der Waals surface area contributed by atoms with E-state index >= 15 is 0 Å². The Hall–Kier alpha value is -2.66. The van der Waals surface area contributed by atoms with Crippen molar-refractivity contribution in [2.24, 2.45) is 0 Å². The second-order valence-corrected chi connectivity index (χ2v) is 6.30. The molecule has 1 heterocycles. The SMILES string of the molecule is CCOc1ccc2nc(NC(=O)C(C)=Cc3ccccc3)sc2c1. The predicted octanol–water partition coefficient (Wildman–Crippen LogP) is 4.74. The van der Waals surface area contributed by atoms with Crippen molar-refractivity contribution in [3.05, 3.63) is 59.7 Å². The zero-order chi connectivity index (χ0) is 16.9. The van der Waals surface area contributed by atoms with Gasteiger partial charge in [-0.05, 0) is 43.7 Å². The number of hydrogen-bond donors (Lipinski definition) is 1. The minimum absolute atomic E-state index is 0.150. The van der Waals surface area contributed by atoms with E-state index in [1.807, 2.05) is 61.5 Å². The number of ether oxygens (including phenoxy) is 1. The molecule has 4 nitrogen and oxygen atoms in total. The average Bonchev–Trinajstić information content (AvgIpc) is 2.97. The van der Waals surface area contributed by atoms with E-state index in [0.717, 1.165) is 21.5 Å². The number of carbonyl (C=O) groups excluding carboxylic acids is 1. The van der Waals surface area contributed by atoms with E-state index in [0.29, 0.717) is 17.3 Å². The summed E-state index contributed by atoms with van der Waals surface area (Å²) in [5.74, 6) is 0.662. The summed E-state index contributed by atoms with van der Waals surface area (Å²) in [5.41, 5.74) is 2.48. The van der Waals surface area contributed by atoms with E-state index in [1.54, 1.807) is 6.92 Å². The zero-order valence-electron chi connectivity index (χ0n) is 13.6. The van der Waals surface area contributed by atoms with Crippen LogP contribution in [0.25, 0.3) is 16.3 Å². The molecular formula is C19H18N2O2S. The van der Waals surface area contributed by atoms with Gasteiger partial charge in [-0.15, -0.1) is 0 Å². The van der Waals surface area contributed by atoms with E-state index in [9.17, 15) is 4.79 Å². The summed E-state index contributed by atoms with van der Waals surface area (Å²) < 4.78 is 6.48. The number of aromatic nitrogens is 1. The summed E-state index contributed by atoms with van der Waals surface area (Å²) in [4.78, 5) is 16.8. The molecule has 1 amide bonds. The number of fused-ring (bicyclic) bond motifs is 1. The highest BCUT2D eigenvalue weighted by atomic mass is 32.1. The Labute approximate surface area is 144 Å². The van der Waals surface area contributed by atoms with Crippen molar-refractivity contribution in [2.45, 2.75) is 13.8 Å². The van der Waals surface area contributed by atoms with Crippen LogP contribution in [0, 0.1) is 0 Å². The Bertz CT molecular complexity index is 885. The molecule has 122 valence electrons.